The number of aliphatic hydroxyl groups is 1. The average molecular weight is 370 g/mol. The molecule has 0 aliphatic rings. The van der Waals surface area contributed by atoms with Crippen molar-refractivity contribution in [3.05, 3.63) is 71.8 Å². The van der Waals surface area contributed by atoms with E-state index in [1.807, 2.05) is 12.1 Å². The Hall–Kier alpha value is -2.33. The van der Waals surface area contributed by atoms with Gasteiger partial charge in [-0.1, -0.05) is 79.9 Å². The van der Waals surface area contributed by atoms with E-state index in [9.17, 15) is 4.79 Å². The number of nitrogens with one attached hydrogen (secondary N) is 1. The first-order valence-corrected chi connectivity index (χ1v) is 9.91. The zero-order valence-corrected chi connectivity index (χ0v) is 15.9. The predicted molar refractivity (Wildman–Crippen MR) is 109 cm³/mol. The highest BCUT2D eigenvalue weighted by molar-refractivity contribution is 5.64. The molecule has 146 valence electrons. The van der Waals surface area contributed by atoms with Crippen molar-refractivity contribution in [3.63, 3.8) is 0 Å². The van der Waals surface area contributed by atoms with Crippen molar-refractivity contribution in [3.8, 4) is 0 Å². The molecule has 1 unspecified atom stereocenters. The van der Waals surface area contributed by atoms with E-state index in [0.29, 0.717) is 5.92 Å². The fraction of sp³-hybridized carbons (Fsp3) is 0.435. The van der Waals surface area contributed by atoms with Gasteiger partial charge >= 0.3 is 6.09 Å². The number of hydrogen-bond acceptors (Lipinski definition) is 2. The zero-order chi connectivity index (χ0) is 19.3. The van der Waals surface area contributed by atoms with Crippen molar-refractivity contribution in [1.82, 2.24) is 5.32 Å². The maximum atomic E-state index is 11.1. The van der Waals surface area contributed by atoms with Gasteiger partial charge in [0.1, 0.15) is 0 Å². The molecule has 1 atom stereocenters. The fourth-order valence-electron chi connectivity index (χ4n) is 3.61. The maximum absolute atomic E-state index is 11.1. The number of unbranched alkanes of at least 4 members (excludes halogenated alkanes) is 2. The number of carboxylic acid groups (broad SMARTS) is 1. The van der Waals surface area contributed by atoms with Crippen LogP contribution in [0.2, 0.25) is 0 Å². The van der Waals surface area contributed by atoms with Crippen LogP contribution in [0.3, 0.4) is 0 Å². The van der Waals surface area contributed by atoms with E-state index in [4.69, 9.17) is 10.2 Å². The topological polar surface area (TPSA) is 69.6 Å². The number of hydrogen-bond donors (Lipinski definition) is 3. The molecule has 2 aromatic rings. The first-order chi connectivity index (χ1) is 13.2. The van der Waals surface area contributed by atoms with Crippen molar-refractivity contribution < 1.29 is 15.0 Å². The Labute approximate surface area is 162 Å². The molecule has 0 saturated carbocycles. The Balaban J connectivity index is 1.95. The molecule has 3 N–H and O–H groups in total. The lowest BCUT2D eigenvalue weighted by Crippen LogP contribution is -2.33. The summed E-state index contributed by atoms with van der Waals surface area (Å²) in [4.78, 5) is 11.1. The van der Waals surface area contributed by atoms with Crippen LogP contribution in [-0.2, 0) is 0 Å². The third-order valence-electron chi connectivity index (χ3n) is 4.99. The standard InChI is InChI=1S/C23H31NO3/c25-18-9-3-8-15-21(24-23(26)27)16-10-17-22(19-11-4-1-5-12-19)20-13-6-2-7-14-20/h1-2,4-7,11-14,21-22,24-25H,3,8-10,15-18H2,(H,26,27). The quantitative estimate of drug-likeness (QED) is 0.452. The summed E-state index contributed by atoms with van der Waals surface area (Å²) in [5.74, 6) is 0.326. The molecule has 27 heavy (non-hydrogen) atoms. The normalized spacial score (nSPS) is 12.1. The summed E-state index contributed by atoms with van der Waals surface area (Å²) >= 11 is 0. The highest BCUT2D eigenvalue weighted by Crippen LogP contribution is 2.30. The molecular formula is C23H31NO3. The fourth-order valence-corrected chi connectivity index (χ4v) is 3.61. The summed E-state index contributed by atoms with van der Waals surface area (Å²) in [5.41, 5.74) is 2.60. The van der Waals surface area contributed by atoms with Gasteiger partial charge < -0.3 is 15.5 Å². The van der Waals surface area contributed by atoms with E-state index in [-0.39, 0.29) is 12.6 Å². The molecular weight excluding hydrogens is 338 g/mol. The van der Waals surface area contributed by atoms with Crippen LogP contribution in [0.1, 0.15) is 62.0 Å². The van der Waals surface area contributed by atoms with Gasteiger partial charge in [-0.3, -0.25) is 0 Å². The summed E-state index contributed by atoms with van der Waals surface area (Å²) in [7, 11) is 0. The predicted octanol–water partition coefficient (Wildman–Crippen LogP) is 5.18. The lowest BCUT2D eigenvalue weighted by Gasteiger charge is -2.21. The number of rotatable bonds is 12. The minimum absolute atomic E-state index is 0.0200. The zero-order valence-electron chi connectivity index (χ0n) is 15.9. The molecule has 4 nitrogen and oxygen atoms in total. The Bertz CT molecular complexity index is 606. The van der Waals surface area contributed by atoms with Crippen molar-refractivity contribution in [1.29, 1.82) is 0 Å². The second-order valence-corrected chi connectivity index (χ2v) is 7.02. The van der Waals surface area contributed by atoms with E-state index >= 15 is 0 Å². The molecule has 1 amide bonds. The van der Waals surface area contributed by atoms with Crippen LogP contribution in [0.5, 0.6) is 0 Å². The third-order valence-corrected chi connectivity index (χ3v) is 4.99. The third kappa shape index (κ3) is 7.83. The molecule has 0 aliphatic carbocycles. The number of carbonyl (C=O) groups is 1. The molecule has 0 radical (unpaired) electrons. The number of aliphatic hydroxyl groups excluding tert-OH is 1. The highest BCUT2D eigenvalue weighted by Gasteiger charge is 2.16. The highest BCUT2D eigenvalue weighted by atomic mass is 16.4. The lowest BCUT2D eigenvalue weighted by molar-refractivity contribution is 0.187. The van der Waals surface area contributed by atoms with Crippen molar-refractivity contribution in [2.75, 3.05) is 6.61 Å². The molecule has 0 saturated heterocycles. The first kappa shape index (κ1) is 21.0. The SMILES string of the molecule is O=C(O)NC(CCCCCO)CCCC(c1ccccc1)c1ccccc1. The van der Waals surface area contributed by atoms with Gasteiger partial charge in [-0.2, -0.15) is 0 Å². The Morgan fingerprint density at radius 3 is 1.85 bits per heavy atom. The average Bonchev–Trinajstić information content (AvgIpc) is 2.69. The van der Waals surface area contributed by atoms with Crippen LogP contribution in [-0.4, -0.2) is 29.0 Å². The van der Waals surface area contributed by atoms with E-state index in [2.05, 4.69) is 53.8 Å². The maximum Gasteiger partial charge on any atom is 0.404 e. The minimum Gasteiger partial charge on any atom is -0.465 e. The van der Waals surface area contributed by atoms with E-state index < -0.39 is 6.09 Å². The van der Waals surface area contributed by atoms with Crippen LogP contribution >= 0.6 is 0 Å². The summed E-state index contributed by atoms with van der Waals surface area (Å²) in [6, 6.07) is 21.0. The largest absolute Gasteiger partial charge is 0.465 e. The Morgan fingerprint density at radius 1 is 0.778 bits per heavy atom. The molecule has 0 aliphatic heterocycles. The van der Waals surface area contributed by atoms with Crippen molar-refractivity contribution >= 4 is 6.09 Å². The van der Waals surface area contributed by atoms with E-state index in [1.165, 1.54) is 11.1 Å². The summed E-state index contributed by atoms with van der Waals surface area (Å²) in [6.07, 6.45) is 5.31. The van der Waals surface area contributed by atoms with Crippen molar-refractivity contribution in [2.45, 2.75) is 56.9 Å². The number of amides is 1. The van der Waals surface area contributed by atoms with Crippen LogP contribution in [0.25, 0.3) is 0 Å². The molecule has 0 bridgehead atoms. The second kappa shape index (κ2) is 12.1. The van der Waals surface area contributed by atoms with Gasteiger partial charge in [0.15, 0.2) is 0 Å². The van der Waals surface area contributed by atoms with Crippen LogP contribution in [0, 0.1) is 0 Å². The molecule has 0 heterocycles. The minimum atomic E-state index is -0.954. The summed E-state index contributed by atoms with van der Waals surface area (Å²) < 4.78 is 0. The van der Waals surface area contributed by atoms with Gasteiger partial charge in [0, 0.05) is 18.6 Å². The van der Waals surface area contributed by atoms with Crippen LogP contribution in [0.4, 0.5) is 4.79 Å². The Morgan fingerprint density at radius 2 is 1.33 bits per heavy atom. The molecule has 0 fully saturated rings. The van der Waals surface area contributed by atoms with Gasteiger partial charge in [0.05, 0.1) is 0 Å². The molecule has 2 rings (SSSR count). The molecule has 0 spiro atoms. The van der Waals surface area contributed by atoms with E-state index in [0.717, 1.165) is 44.9 Å². The summed E-state index contributed by atoms with van der Waals surface area (Å²) in [5, 5.41) is 20.7. The van der Waals surface area contributed by atoms with Gasteiger partial charge in [-0.15, -0.1) is 0 Å². The van der Waals surface area contributed by atoms with Crippen molar-refractivity contribution in [2.24, 2.45) is 0 Å². The number of benzene rings is 2. The monoisotopic (exact) mass is 369 g/mol. The second-order valence-electron chi connectivity index (χ2n) is 7.02. The van der Waals surface area contributed by atoms with Gasteiger partial charge in [0.25, 0.3) is 0 Å². The van der Waals surface area contributed by atoms with Crippen LogP contribution < -0.4 is 5.32 Å². The molecule has 4 heteroatoms. The van der Waals surface area contributed by atoms with Gasteiger partial charge in [0.2, 0.25) is 0 Å². The first-order valence-electron chi connectivity index (χ1n) is 9.91. The Kier molecular flexibility index (Phi) is 9.42. The van der Waals surface area contributed by atoms with Crippen LogP contribution in [0.15, 0.2) is 60.7 Å². The van der Waals surface area contributed by atoms with Gasteiger partial charge in [-0.25, -0.2) is 4.79 Å². The lowest BCUT2D eigenvalue weighted by atomic mass is 9.86. The van der Waals surface area contributed by atoms with E-state index in [1.54, 1.807) is 0 Å². The molecule has 0 aromatic heterocycles. The van der Waals surface area contributed by atoms with Gasteiger partial charge in [-0.05, 0) is 36.8 Å². The smallest absolute Gasteiger partial charge is 0.404 e. The summed E-state index contributed by atoms with van der Waals surface area (Å²) in [6.45, 7) is 0.201. The molecule has 2 aromatic carbocycles.